The molecule has 0 fully saturated rings. The minimum Gasteiger partial charge on any atom is -0.481 e. The van der Waals surface area contributed by atoms with Crippen molar-refractivity contribution in [2.45, 2.75) is 19.3 Å². The summed E-state index contributed by atoms with van der Waals surface area (Å²) in [5, 5.41) is 11.1. The molecular formula is C12H16N2O3. The van der Waals surface area contributed by atoms with Gasteiger partial charge in [-0.1, -0.05) is 12.1 Å². The first-order valence-electron chi connectivity index (χ1n) is 5.45. The van der Waals surface area contributed by atoms with E-state index in [0.717, 1.165) is 0 Å². The number of carboxylic acids is 1. The van der Waals surface area contributed by atoms with Crippen LogP contribution >= 0.6 is 0 Å². The number of aliphatic carboxylic acids is 1. The lowest BCUT2D eigenvalue weighted by Gasteiger charge is -2.06. The van der Waals surface area contributed by atoms with E-state index in [1.165, 1.54) is 0 Å². The smallest absolute Gasteiger partial charge is 0.303 e. The van der Waals surface area contributed by atoms with Crippen molar-refractivity contribution in [3.63, 3.8) is 0 Å². The lowest BCUT2D eigenvalue weighted by Crippen LogP contribution is -2.25. The molecule has 0 aliphatic carbocycles. The van der Waals surface area contributed by atoms with Gasteiger partial charge in [-0.15, -0.1) is 0 Å². The van der Waals surface area contributed by atoms with Crippen LogP contribution < -0.4 is 11.1 Å². The average Bonchev–Trinajstić information content (AvgIpc) is 2.28. The van der Waals surface area contributed by atoms with Crippen LogP contribution in [0.3, 0.4) is 0 Å². The van der Waals surface area contributed by atoms with E-state index in [1.54, 1.807) is 24.3 Å². The number of benzene rings is 1. The molecule has 0 saturated heterocycles. The number of rotatable bonds is 6. The zero-order chi connectivity index (χ0) is 12.7. The number of carbonyl (C=O) groups is 2. The lowest BCUT2D eigenvalue weighted by molar-refractivity contribution is -0.137. The number of amides is 1. The number of anilines is 1. The monoisotopic (exact) mass is 236 g/mol. The number of hydrogen-bond acceptors (Lipinski definition) is 3. The summed E-state index contributed by atoms with van der Waals surface area (Å²) in [4.78, 5) is 21.9. The average molecular weight is 236 g/mol. The van der Waals surface area contributed by atoms with Crippen LogP contribution in [0.1, 0.15) is 29.6 Å². The summed E-state index contributed by atoms with van der Waals surface area (Å²) >= 11 is 0. The molecule has 1 aromatic rings. The molecule has 0 saturated carbocycles. The highest BCUT2D eigenvalue weighted by Gasteiger charge is 2.07. The zero-order valence-corrected chi connectivity index (χ0v) is 9.48. The Bertz CT molecular complexity index is 404. The number of para-hydroxylation sites is 1. The summed E-state index contributed by atoms with van der Waals surface area (Å²) in [5.41, 5.74) is 6.54. The highest BCUT2D eigenvalue weighted by molar-refractivity contribution is 5.98. The van der Waals surface area contributed by atoms with Gasteiger partial charge in [-0.3, -0.25) is 9.59 Å². The van der Waals surface area contributed by atoms with E-state index in [2.05, 4.69) is 5.32 Å². The molecule has 0 aromatic heterocycles. The Morgan fingerprint density at radius 2 is 1.94 bits per heavy atom. The predicted octanol–water partition coefficient (Wildman–Crippen LogP) is 1.25. The van der Waals surface area contributed by atoms with E-state index in [4.69, 9.17) is 10.8 Å². The third-order valence-electron chi connectivity index (χ3n) is 2.31. The fraction of sp³-hybridized carbons (Fsp3) is 0.333. The predicted molar refractivity (Wildman–Crippen MR) is 64.7 cm³/mol. The van der Waals surface area contributed by atoms with Gasteiger partial charge in [-0.25, -0.2) is 0 Å². The summed E-state index contributed by atoms with van der Waals surface area (Å²) in [6.45, 7) is 0.459. The topological polar surface area (TPSA) is 92.4 Å². The van der Waals surface area contributed by atoms with E-state index >= 15 is 0 Å². The van der Waals surface area contributed by atoms with Gasteiger partial charge in [0.05, 0.1) is 5.56 Å². The Morgan fingerprint density at radius 1 is 1.24 bits per heavy atom. The van der Waals surface area contributed by atoms with Gasteiger partial charge in [0.1, 0.15) is 0 Å². The molecular weight excluding hydrogens is 220 g/mol. The molecule has 17 heavy (non-hydrogen) atoms. The first-order chi connectivity index (χ1) is 8.11. The lowest BCUT2D eigenvalue weighted by atomic mass is 10.1. The minimum atomic E-state index is -0.816. The Morgan fingerprint density at radius 3 is 2.59 bits per heavy atom. The molecule has 0 unspecified atom stereocenters. The second-order valence-electron chi connectivity index (χ2n) is 3.69. The maximum atomic E-state index is 11.7. The van der Waals surface area contributed by atoms with E-state index in [9.17, 15) is 9.59 Å². The normalized spacial score (nSPS) is 9.88. The maximum Gasteiger partial charge on any atom is 0.303 e. The molecule has 5 heteroatoms. The molecule has 92 valence electrons. The largest absolute Gasteiger partial charge is 0.481 e. The van der Waals surface area contributed by atoms with Gasteiger partial charge in [0.25, 0.3) is 5.91 Å². The van der Waals surface area contributed by atoms with Gasteiger partial charge < -0.3 is 16.2 Å². The highest BCUT2D eigenvalue weighted by Crippen LogP contribution is 2.09. The summed E-state index contributed by atoms with van der Waals surface area (Å²) < 4.78 is 0. The molecule has 0 heterocycles. The van der Waals surface area contributed by atoms with Gasteiger partial charge in [-0.05, 0) is 25.0 Å². The summed E-state index contributed by atoms with van der Waals surface area (Å²) in [6, 6.07) is 6.83. The summed E-state index contributed by atoms with van der Waals surface area (Å²) in [5.74, 6) is -1.04. The Labute approximate surface area is 99.6 Å². The third-order valence-corrected chi connectivity index (χ3v) is 2.31. The fourth-order valence-electron chi connectivity index (χ4n) is 1.40. The molecule has 0 bridgehead atoms. The Kier molecular flexibility index (Phi) is 5.00. The second kappa shape index (κ2) is 6.52. The maximum absolute atomic E-state index is 11.7. The number of nitrogens with one attached hydrogen (secondary N) is 1. The van der Waals surface area contributed by atoms with Gasteiger partial charge in [0, 0.05) is 18.7 Å². The van der Waals surface area contributed by atoms with E-state index < -0.39 is 5.97 Å². The quantitative estimate of drug-likeness (QED) is 0.512. The third kappa shape index (κ3) is 4.55. The number of nitrogens with two attached hydrogens (primary N) is 1. The Balaban J connectivity index is 2.31. The highest BCUT2D eigenvalue weighted by atomic mass is 16.4. The van der Waals surface area contributed by atoms with Gasteiger partial charge in [0.2, 0.25) is 0 Å². The van der Waals surface area contributed by atoms with E-state index in [-0.39, 0.29) is 12.3 Å². The molecule has 1 amide bonds. The molecule has 0 aliphatic rings. The number of carboxylic acid groups (broad SMARTS) is 1. The van der Waals surface area contributed by atoms with E-state index in [1.807, 2.05) is 0 Å². The van der Waals surface area contributed by atoms with Crippen LogP contribution in [0.25, 0.3) is 0 Å². The molecule has 1 aromatic carbocycles. The van der Waals surface area contributed by atoms with Crippen molar-refractivity contribution in [2.75, 3.05) is 12.3 Å². The SMILES string of the molecule is Nc1ccccc1C(=O)NCCCCC(=O)O. The van der Waals surface area contributed by atoms with Crippen LogP contribution in [-0.2, 0) is 4.79 Å². The van der Waals surface area contributed by atoms with Crippen molar-refractivity contribution in [2.24, 2.45) is 0 Å². The number of hydrogen-bond donors (Lipinski definition) is 3. The molecule has 1 rings (SSSR count). The van der Waals surface area contributed by atoms with Crippen LogP contribution in [0, 0.1) is 0 Å². The van der Waals surface area contributed by atoms with Crippen LogP contribution in [0.2, 0.25) is 0 Å². The van der Waals surface area contributed by atoms with Gasteiger partial charge in [-0.2, -0.15) is 0 Å². The van der Waals surface area contributed by atoms with Gasteiger partial charge in [0.15, 0.2) is 0 Å². The van der Waals surface area contributed by atoms with Crippen LogP contribution in [0.5, 0.6) is 0 Å². The van der Waals surface area contributed by atoms with Crippen molar-refractivity contribution < 1.29 is 14.7 Å². The zero-order valence-electron chi connectivity index (χ0n) is 9.48. The van der Waals surface area contributed by atoms with Crippen LogP contribution in [0.4, 0.5) is 5.69 Å². The summed E-state index contributed by atoms with van der Waals surface area (Å²) in [6.07, 6.45) is 1.33. The molecule has 0 atom stereocenters. The molecule has 4 N–H and O–H groups in total. The molecule has 0 radical (unpaired) electrons. The van der Waals surface area contributed by atoms with Crippen molar-refractivity contribution >= 4 is 17.6 Å². The van der Waals surface area contributed by atoms with Crippen molar-refractivity contribution in [3.05, 3.63) is 29.8 Å². The Hall–Kier alpha value is -2.04. The summed E-state index contributed by atoms with van der Waals surface area (Å²) in [7, 11) is 0. The van der Waals surface area contributed by atoms with Crippen LogP contribution in [0.15, 0.2) is 24.3 Å². The second-order valence-corrected chi connectivity index (χ2v) is 3.69. The van der Waals surface area contributed by atoms with E-state index in [0.29, 0.717) is 30.6 Å². The first-order valence-corrected chi connectivity index (χ1v) is 5.45. The van der Waals surface area contributed by atoms with Gasteiger partial charge >= 0.3 is 5.97 Å². The molecule has 5 nitrogen and oxygen atoms in total. The number of carbonyl (C=O) groups excluding carboxylic acids is 1. The van der Waals surface area contributed by atoms with Crippen LogP contribution in [-0.4, -0.2) is 23.5 Å². The minimum absolute atomic E-state index is 0.128. The standard InChI is InChI=1S/C12H16N2O3/c13-10-6-2-1-5-9(10)12(17)14-8-4-3-7-11(15)16/h1-2,5-6H,3-4,7-8,13H2,(H,14,17)(H,15,16). The number of nitrogen functional groups attached to an aromatic ring is 1. The van der Waals surface area contributed by atoms with Crippen molar-refractivity contribution in [3.8, 4) is 0 Å². The first kappa shape index (κ1) is 13.0. The number of unbranched alkanes of at least 4 members (excludes halogenated alkanes) is 1. The van der Waals surface area contributed by atoms with Crippen molar-refractivity contribution in [1.82, 2.24) is 5.32 Å². The molecule has 0 aliphatic heterocycles. The van der Waals surface area contributed by atoms with Crippen molar-refractivity contribution in [1.29, 1.82) is 0 Å². The fourth-order valence-corrected chi connectivity index (χ4v) is 1.40. The molecule has 0 spiro atoms.